The number of carboxylic acids is 1. The Balaban J connectivity index is 1.07. The Kier molecular flexibility index (Phi) is 9.72. The molecule has 55 heavy (non-hydrogen) atoms. The van der Waals surface area contributed by atoms with Crippen molar-refractivity contribution in [3.63, 3.8) is 0 Å². The number of methoxy groups -OCH3 is 1. The lowest BCUT2D eigenvalue weighted by Crippen LogP contribution is -2.25. The van der Waals surface area contributed by atoms with Crippen LogP contribution in [0.2, 0.25) is 0 Å². The molecular formula is C40H40F4N6O5. The molecular weight excluding hydrogens is 720 g/mol. The van der Waals surface area contributed by atoms with Gasteiger partial charge in [0.25, 0.3) is 0 Å². The summed E-state index contributed by atoms with van der Waals surface area (Å²) in [6.07, 6.45) is -3.13. The van der Waals surface area contributed by atoms with Crippen LogP contribution in [0.3, 0.4) is 0 Å². The number of oxazole rings is 1. The summed E-state index contributed by atoms with van der Waals surface area (Å²) in [7, 11) is 1.35. The molecule has 0 radical (unpaired) electrons. The number of carbonyl (C=O) groups is 1. The molecule has 0 amide bonds. The molecule has 3 atom stereocenters. The molecule has 0 bridgehead atoms. The van der Waals surface area contributed by atoms with Crippen LogP contribution in [0.4, 0.5) is 23.4 Å². The third-order valence-corrected chi connectivity index (χ3v) is 11.0. The van der Waals surface area contributed by atoms with Gasteiger partial charge in [0, 0.05) is 38.3 Å². The summed E-state index contributed by atoms with van der Waals surface area (Å²) >= 11 is 0. The molecule has 0 spiro atoms. The second-order valence-corrected chi connectivity index (χ2v) is 14.6. The number of halogens is 4. The Hall–Kier alpha value is -5.12. The van der Waals surface area contributed by atoms with Gasteiger partial charge in [0.1, 0.15) is 11.2 Å². The minimum Gasteiger partial charge on any atom is -0.481 e. The fraction of sp³-hybridized carbons (Fsp3) is 0.400. The highest BCUT2D eigenvalue weighted by molar-refractivity contribution is 5.82. The minimum absolute atomic E-state index is 0.00734. The number of likely N-dealkylation sites (tertiary alicyclic amines) is 2. The third-order valence-electron chi connectivity index (χ3n) is 11.0. The predicted octanol–water partition coefficient (Wildman–Crippen LogP) is 7.00. The van der Waals surface area contributed by atoms with E-state index in [1.807, 2.05) is 53.1 Å². The average Bonchev–Trinajstić information content (AvgIpc) is 3.96. The highest BCUT2D eigenvalue weighted by Gasteiger charge is 2.40. The lowest BCUT2D eigenvalue weighted by Gasteiger charge is -2.22. The van der Waals surface area contributed by atoms with Gasteiger partial charge in [-0.05, 0) is 90.7 Å². The standard InChI is InChI=1S/C40H40F4N6O5/c1-21-25(5-3-6-26(21)37-47-32-16-22(15-30(41)34(32)55-37)17-49-13-11-23(18-49)39(52)53)27-7-4-8-29-28(27)9-10-31(29)46-36-35(40(42,43)44)45-33(38(48-36)54-2)20-50-14-12-24(51)19-50/h3-8,15-16,23-24,31,51H,9-14,17-20H2,1-2H3,(H,46,48)(H,52,53)/t23-,24-,31-/m1/s1. The molecule has 2 aromatic heterocycles. The first-order chi connectivity index (χ1) is 26.4. The first kappa shape index (κ1) is 36.8. The van der Waals surface area contributed by atoms with Crippen LogP contribution in [-0.2, 0) is 30.5 Å². The summed E-state index contributed by atoms with van der Waals surface area (Å²) < 4.78 is 70.1. The van der Waals surface area contributed by atoms with E-state index < -0.39 is 47.5 Å². The van der Waals surface area contributed by atoms with Crippen molar-refractivity contribution in [2.24, 2.45) is 5.92 Å². The maximum atomic E-state index is 15.3. The number of benzene rings is 3. The monoisotopic (exact) mass is 760 g/mol. The Labute approximate surface area is 314 Å². The van der Waals surface area contributed by atoms with E-state index in [0.717, 1.165) is 27.8 Å². The Morgan fingerprint density at radius 1 is 0.982 bits per heavy atom. The number of rotatable bonds is 10. The molecule has 11 nitrogen and oxygen atoms in total. The van der Waals surface area contributed by atoms with Crippen molar-refractivity contribution in [1.29, 1.82) is 0 Å². The van der Waals surface area contributed by atoms with Crippen LogP contribution in [0.25, 0.3) is 33.7 Å². The predicted molar refractivity (Wildman–Crippen MR) is 195 cm³/mol. The number of ether oxygens (including phenoxy) is 1. The summed E-state index contributed by atoms with van der Waals surface area (Å²) in [5.41, 5.74) is 5.14. The van der Waals surface area contributed by atoms with Gasteiger partial charge in [0.15, 0.2) is 22.9 Å². The quantitative estimate of drug-likeness (QED) is 0.127. The van der Waals surface area contributed by atoms with Crippen LogP contribution in [0.5, 0.6) is 5.88 Å². The number of hydrogen-bond donors (Lipinski definition) is 3. The van der Waals surface area contributed by atoms with Crippen LogP contribution in [-0.4, -0.2) is 80.3 Å². The second-order valence-electron chi connectivity index (χ2n) is 14.6. The number of aromatic nitrogens is 3. The van der Waals surface area contributed by atoms with Gasteiger partial charge in [0.05, 0.1) is 25.2 Å². The molecule has 3 N–H and O–H groups in total. The Morgan fingerprint density at radius 2 is 1.73 bits per heavy atom. The van der Waals surface area contributed by atoms with E-state index in [4.69, 9.17) is 9.15 Å². The first-order valence-electron chi connectivity index (χ1n) is 18.3. The van der Waals surface area contributed by atoms with E-state index in [1.54, 1.807) is 6.07 Å². The van der Waals surface area contributed by atoms with Crippen molar-refractivity contribution in [3.8, 4) is 28.5 Å². The highest BCUT2D eigenvalue weighted by Crippen LogP contribution is 2.44. The Morgan fingerprint density at radius 3 is 2.45 bits per heavy atom. The average molecular weight is 761 g/mol. The molecule has 0 saturated carbocycles. The van der Waals surface area contributed by atoms with Gasteiger partial charge in [-0.3, -0.25) is 14.6 Å². The number of aliphatic carboxylic acids is 1. The number of nitrogens with one attached hydrogen (secondary N) is 1. The zero-order chi connectivity index (χ0) is 38.6. The molecule has 1 aliphatic carbocycles. The van der Waals surface area contributed by atoms with E-state index in [2.05, 4.69) is 20.3 Å². The molecule has 288 valence electrons. The summed E-state index contributed by atoms with van der Waals surface area (Å²) in [6.45, 7) is 4.28. The Bertz CT molecular complexity index is 2280. The maximum Gasteiger partial charge on any atom is 0.437 e. The van der Waals surface area contributed by atoms with Crippen LogP contribution < -0.4 is 10.1 Å². The van der Waals surface area contributed by atoms with Gasteiger partial charge in [-0.25, -0.2) is 14.4 Å². The van der Waals surface area contributed by atoms with Gasteiger partial charge in [0.2, 0.25) is 11.8 Å². The molecule has 4 heterocycles. The van der Waals surface area contributed by atoms with Crippen molar-refractivity contribution in [1.82, 2.24) is 24.8 Å². The van der Waals surface area contributed by atoms with Gasteiger partial charge < -0.3 is 24.7 Å². The molecule has 3 aliphatic rings. The number of carboxylic acid groups (broad SMARTS) is 1. The van der Waals surface area contributed by atoms with Crippen molar-refractivity contribution in [3.05, 3.63) is 88.0 Å². The number of β-amino-alcohol motifs (C(OH)–C–C–N with tert-alkyl or cyclic N) is 1. The molecule has 0 unspecified atom stereocenters. The zero-order valence-electron chi connectivity index (χ0n) is 30.3. The van der Waals surface area contributed by atoms with Crippen molar-refractivity contribution >= 4 is 22.9 Å². The molecule has 2 fully saturated rings. The number of aliphatic hydroxyl groups excluding tert-OH is 1. The van der Waals surface area contributed by atoms with Gasteiger partial charge >= 0.3 is 12.1 Å². The topological polar surface area (TPSA) is 137 Å². The van der Waals surface area contributed by atoms with Crippen LogP contribution in [0.15, 0.2) is 52.9 Å². The fourth-order valence-corrected chi connectivity index (χ4v) is 8.26. The van der Waals surface area contributed by atoms with Gasteiger partial charge in [-0.1, -0.05) is 30.3 Å². The molecule has 5 aromatic rings. The highest BCUT2D eigenvalue weighted by atomic mass is 19.4. The van der Waals surface area contributed by atoms with Crippen LogP contribution in [0.1, 0.15) is 58.9 Å². The van der Waals surface area contributed by atoms with Crippen molar-refractivity contribution < 1.29 is 41.7 Å². The minimum atomic E-state index is -4.78. The van der Waals surface area contributed by atoms with Crippen molar-refractivity contribution in [2.45, 2.75) is 64.0 Å². The largest absolute Gasteiger partial charge is 0.481 e. The molecule has 3 aromatic carbocycles. The lowest BCUT2D eigenvalue weighted by atomic mass is 9.91. The molecule has 2 aliphatic heterocycles. The van der Waals surface area contributed by atoms with E-state index in [9.17, 15) is 28.2 Å². The summed E-state index contributed by atoms with van der Waals surface area (Å²) in [4.78, 5) is 28.2. The number of nitrogens with zero attached hydrogens (tertiary/aromatic N) is 5. The summed E-state index contributed by atoms with van der Waals surface area (Å²) in [5.74, 6) is -1.98. The SMILES string of the molecule is COc1nc(N[C@@H]2CCc3c(-c4cccc(-c5nc6cc(CN7CC[C@@H](C(=O)O)C7)cc(F)c6o5)c4C)cccc32)c(C(F)(F)F)nc1CN1CC[C@@H](O)C1. The van der Waals surface area contributed by atoms with E-state index in [0.29, 0.717) is 75.1 Å². The first-order valence-corrected chi connectivity index (χ1v) is 18.3. The normalized spacial score (nSPS) is 20.4. The van der Waals surface area contributed by atoms with E-state index >= 15 is 4.39 Å². The summed E-state index contributed by atoms with van der Waals surface area (Å²) in [5, 5.41) is 22.3. The number of anilines is 1. The number of hydrogen-bond acceptors (Lipinski definition) is 10. The van der Waals surface area contributed by atoms with E-state index in [1.165, 1.54) is 13.2 Å². The second kappa shape index (κ2) is 14.5. The fourth-order valence-electron chi connectivity index (χ4n) is 8.26. The van der Waals surface area contributed by atoms with Crippen molar-refractivity contribution in [2.75, 3.05) is 38.6 Å². The molecule has 8 rings (SSSR count). The van der Waals surface area contributed by atoms with Gasteiger partial charge in [-0.2, -0.15) is 18.2 Å². The molecule has 15 heteroatoms. The summed E-state index contributed by atoms with van der Waals surface area (Å²) in [6, 6.07) is 14.1. The number of aliphatic hydroxyl groups is 1. The van der Waals surface area contributed by atoms with Crippen LogP contribution >= 0.6 is 0 Å². The van der Waals surface area contributed by atoms with Crippen LogP contribution in [0, 0.1) is 18.7 Å². The van der Waals surface area contributed by atoms with E-state index in [-0.39, 0.29) is 29.6 Å². The molecule has 2 saturated heterocycles. The number of alkyl halides is 3. The zero-order valence-corrected chi connectivity index (χ0v) is 30.3. The van der Waals surface area contributed by atoms with Gasteiger partial charge in [-0.15, -0.1) is 0 Å². The smallest absolute Gasteiger partial charge is 0.437 e. The lowest BCUT2D eigenvalue weighted by molar-refractivity contribution is -0.142. The number of fused-ring (bicyclic) bond motifs is 2. The third kappa shape index (κ3) is 7.23. The maximum absolute atomic E-state index is 15.3.